The Balaban J connectivity index is 2.51. The second-order valence-corrected chi connectivity index (χ2v) is 6.82. The van der Waals surface area contributed by atoms with Crippen molar-refractivity contribution in [2.24, 2.45) is 17.2 Å². The van der Waals surface area contributed by atoms with Gasteiger partial charge in [0, 0.05) is 4.88 Å². The van der Waals surface area contributed by atoms with E-state index in [2.05, 4.69) is 50.6 Å². The first-order valence-corrected chi connectivity index (χ1v) is 6.80. The van der Waals surface area contributed by atoms with Crippen molar-refractivity contribution in [3.8, 4) is 0 Å². The van der Waals surface area contributed by atoms with Crippen LogP contribution in [0.1, 0.15) is 51.5 Å². The van der Waals surface area contributed by atoms with E-state index < -0.39 is 0 Å². The van der Waals surface area contributed by atoms with Gasteiger partial charge in [-0.1, -0.05) is 33.8 Å². The van der Waals surface area contributed by atoms with E-state index in [0.29, 0.717) is 17.4 Å². The van der Waals surface area contributed by atoms with E-state index in [1.807, 2.05) is 0 Å². The summed E-state index contributed by atoms with van der Waals surface area (Å²) in [6, 6.07) is 4.54. The van der Waals surface area contributed by atoms with Gasteiger partial charge >= 0.3 is 0 Å². The molecule has 0 aromatic carbocycles. The Morgan fingerprint density at radius 2 is 2.12 bits per heavy atom. The van der Waals surface area contributed by atoms with E-state index >= 15 is 0 Å². The molecule has 0 radical (unpaired) electrons. The van der Waals surface area contributed by atoms with Gasteiger partial charge in [-0.3, -0.25) is 11.3 Å². The summed E-state index contributed by atoms with van der Waals surface area (Å²) in [5, 5.41) is 2.11. The SMILES string of the molecule is CC(CC(NN)c1cccs1)CC(C)(C)C. The van der Waals surface area contributed by atoms with Gasteiger partial charge in [-0.2, -0.15) is 0 Å². The third kappa shape index (κ3) is 4.64. The molecule has 1 aromatic heterocycles. The second-order valence-electron chi connectivity index (χ2n) is 5.84. The van der Waals surface area contributed by atoms with E-state index in [4.69, 9.17) is 5.84 Å². The van der Waals surface area contributed by atoms with Crippen LogP contribution in [0.15, 0.2) is 17.5 Å². The zero-order valence-corrected chi connectivity index (χ0v) is 11.6. The van der Waals surface area contributed by atoms with E-state index in [1.165, 1.54) is 11.3 Å². The molecule has 0 aliphatic rings. The Morgan fingerprint density at radius 1 is 1.44 bits per heavy atom. The second kappa shape index (κ2) is 5.80. The van der Waals surface area contributed by atoms with Crippen molar-refractivity contribution in [2.75, 3.05) is 0 Å². The van der Waals surface area contributed by atoms with Crippen LogP contribution in [0.25, 0.3) is 0 Å². The van der Waals surface area contributed by atoms with Crippen molar-refractivity contribution >= 4 is 11.3 Å². The Labute approximate surface area is 103 Å². The molecule has 1 rings (SSSR count). The molecule has 0 saturated heterocycles. The minimum atomic E-state index is 0.303. The molecule has 1 heterocycles. The molecule has 0 aliphatic heterocycles. The van der Waals surface area contributed by atoms with Gasteiger partial charge in [-0.25, -0.2) is 0 Å². The molecule has 0 fully saturated rings. The van der Waals surface area contributed by atoms with Crippen LogP contribution in [0.5, 0.6) is 0 Å². The lowest BCUT2D eigenvalue weighted by Crippen LogP contribution is -2.29. The van der Waals surface area contributed by atoms with Gasteiger partial charge < -0.3 is 0 Å². The van der Waals surface area contributed by atoms with Crippen LogP contribution in [-0.4, -0.2) is 0 Å². The Kier molecular flexibility index (Phi) is 4.96. The first kappa shape index (κ1) is 13.7. The maximum atomic E-state index is 5.63. The standard InChI is InChI=1S/C13H24N2S/c1-10(9-13(2,3)4)8-11(15-14)12-6-5-7-16-12/h5-7,10-11,15H,8-9,14H2,1-4H3. The summed E-state index contributed by atoms with van der Waals surface area (Å²) in [6.07, 6.45) is 2.34. The Bertz CT molecular complexity index is 287. The minimum Gasteiger partial charge on any atom is -0.271 e. The quantitative estimate of drug-likeness (QED) is 0.608. The molecule has 0 amide bonds. The van der Waals surface area contributed by atoms with Crippen LogP contribution in [0.4, 0.5) is 0 Å². The first-order chi connectivity index (χ1) is 7.42. The smallest absolute Gasteiger partial charge is 0.0555 e. The lowest BCUT2D eigenvalue weighted by atomic mass is 9.83. The van der Waals surface area contributed by atoms with Crippen molar-refractivity contribution in [3.05, 3.63) is 22.4 Å². The third-order valence-corrected chi connectivity index (χ3v) is 3.67. The summed E-state index contributed by atoms with van der Waals surface area (Å²) < 4.78 is 0. The molecule has 2 nitrogen and oxygen atoms in total. The molecule has 3 N–H and O–H groups in total. The molecule has 0 bridgehead atoms. The topological polar surface area (TPSA) is 38.0 Å². The van der Waals surface area contributed by atoms with Gasteiger partial charge in [-0.05, 0) is 35.6 Å². The summed E-state index contributed by atoms with van der Waals surface area (Å²) in [5.41, 5.74) is 3.33. The van der Waals surface area contributed by atoms with Gasteiger partial charge in [0.2, 0.25) is 0 Å². The molecule has 2 unspecified atom stereocenters. The number of hydrogen-bond acceptors (Lipinski definition) is 3. The lowest BCUT2D eigenvalue weighted by molar-refractivity contribution is 0.277. The van der Waals surface area contributed by atoms with Gasteiger partial charge in [0.05, 0.1) is 6.04 Å². The van der Waals surface area contributed by atoms with Gasteiger partial charge in [-0.15, -0.1) is 11.3 Å². The number of rotatable bonds is 5. The van der Waals surface area contributed by atoms with E-state index in [0.717, 1.165) is 6.42 Å². The normalized spacial score (nSPS) is 16.1. The predicted molar refractivity (Wildman–Crippen MR) is 72.2 cm³/mol. The maximum Gasteiger partial charge on any atom is 0.0555 e. The molecule has 92 valence electrons. The number of hydrazine groups is 1. The minimum absolute atomic E-state index is 0.303. The number of thiophene rings is 1. The van der Waals surface area contributed by atoms with Crippen LogP contribution >= 0.6 is 11.3 Å². The largest absolute Gasteiger partial charge is 0.271 e. The zero-order valence-electron chi connectivity index (χ0n) is 10.8. The molecule has 16 heavy (non-hydrogen) atoms. The van der Waals surface area contributed by atoms with Crippen LogP contribution in [-0.2, 0) is 0 Å². The molecule has 3 heteroatoms. The highest BCUT2D eigenvalue weighted by Crippen LogP contribution is 2.31. The Hall–Kier alpha value is -0.380. The fourth-order valence-corrected chi connectivity index (χ4v) is 3.09. The van der Waals surface area contributed by atoms with E-state index in [9.17, 15) is 0 Å². The van der Waals surface area contributed by atoms with E-state index in [-0.39, 0.29) is 0 Å². The highest BCUT2D eigenvalue weighted by molar-refractivity contribution is 7.10. The molecular formula is C13H24N2S. The first-order valence-electron chi connectivity index (χ1n) is 5.92. The van der Waals surface area contributed by atoms with Crippen LogP contribution in [0.2, 0.25) is 0 Å². The molecule has 0 saturated carbocycles. The number of hydrogen-bond donors (Lipinski definition) is 2. The summed E-state index contributed by atoms with van der Waals surface area (Å²) in [4.78, 5) is 1.34. The van der Waals surface area contributed by atoms with Crippen molar-refractivity contribution in [1.29, 1.82) is 0 Å². The highest BCUT2D eigenvalue weighted by atomic mass is 32.1. The average Bonchev–Trinajstić information content (AvgIpc) is 2.63. The van der Waals surface area contributed by atoms with Crippen molar-refractivity contribution < 1.29 is 0 Å². The predicted octanol–water partition coefficient (Wildman–Crippen LogP) is 3.71. The molecule has 1 aromatic rings. The molecular weight excluding hydrogens is 216 g/mol. The molecule has 0 spiro atoms. The highest BCUT2D eigenvalue weighted by Gasteiger charge is 2.19. The Morgan fingerprint density at radius 3 is 2.56 bits per heavy atom. The summed E-state index contributed by atoms with van der Waals surface area (Å²) in [5.74, 6) is 6.32. The molecule has 0 aliphatic carbocycles. The van der Waals surface area contributed by atoms with E-state index in [1.54, 1.807) is 11.3 Å². The summed E-state index contributed by atoms with van der Waals surface area (Å²) in [6.45, 7) is 9.18. The number of nitrogens with two attached hydrogens (primary N) is 1. The summed E-state index contributed by atoms with van der Waals surface area (Å²) >= 11 is 1.77. The van der Waals surface area contributed by atoms with Crippen molar-refractivity contribution in [2.45, 2.75) is 46.6 Å². The third-order valence-electron chi connectivity index (χ3n) is 2.69. The van der Waals surface area contributed by atoms with Gasteiger partial charge in [0.1, 0.15) is 0 Å². The summed E-state index contributed by atoms with van der Waals surface area (Å²) in [7, 11) is 0. The zero-order chi connectivity index (χ0) is 12.2. The fraction of sp³-hybridized carbons (Fsp3) is 0.692. The van der Waals surface area contributed by atoms with Gasteiger partial charge in [0.15, 0.2) is 0 Å². The number of nitrogens with one attached hydrogen (secondary N) is 1. The maximum absolute atomic E-state index is 5.63. The lowest BCUT2D eigenvalue weighted by Gasteiger charge is -2.26. The van der Waals surface area contributed by atoms with Crippen LogP contribution in [0, 0.1) is 11.3 Å². The van der Waals surface area contributed by atoms with Gasteiger partial charge in [0.25, 0.3) is 0 Å². The van der Waals surface area contributed by atoms with Crippen LogP contribution < -0.4 is 11.3 Å². The molecule has 2 atom stereocenters. The monoisotopic (exact) mass is 240 g/mol. The van der Waals surface area contributed by atoms with Crippen molar-refractivity contribution in [1.82, 2.24) is 5.43 Å². The van der Waals surface area contributed by atoms with Crippen molar-refractivity contribution in [3.63, 3.8) is 0 Å². The average molecular weight is 240 g/mol. The van der Waals surface area contributed by atoms with Crippen LogP contribution in [0.3, 0.4) is 0 Å². The fourth-order valence-electron chi connectivity index (χ4n) is 2.29.